The first-order valence-electron chi connectivity index (χ1n) is 2.98. The lowest BCUT2D eigenvalue weighted by molar-refractivity contribution is 0.0835. The van der Waals surface area contributed by atoms with Gasteiger partial charge in [-0.1, -0.05) is 34.8 Å². The molecule has 0 unspecified atom stereocenters. The number of rotatable bonds is 1. The van der Waals surface area contributed by atoms with Crippen molar-refractivity contribution in [2.45, 2.75) is 0 Å². The Bertz CT molecular complexity index is 378. The van der Waals surface area contributed by atoms with Gasteiger partial charge in [-0.2, -0.15) is 4.39 Å². The van der Waals surface area contributed by atoms with Crippen molar-refractivity contribution >= 4 is 40.8 Å². The molecule has 1 rings (SSSR count). The summed E-state index contributed by atoms with van der Waals surface area (Å²) < 4.78 is 25.0. The van der Waals surface area contributed by atoms with Crippen LogP contribution in [-0.4, -0.2) is 6.04 Å². The van der Waals surface area contributed by atoms with Crippen LogP contribution in [-0.2, 0) is 0 Å². The molecule has 1 nitrogen and oxygen atoms in total. The van der Waals surface area contributed by atoms with E-state index < -0.39 is 22.4 Å². The van der Waals surface area contributed by atoms with Crippen LogP contribution in [0.5, 0.6) is 0 Å². The van der Waals surface area contributed by atoms with Crippen LogP contribution in [0.2, 0.25) is 15.1 Å². The molecule has 0 radical (unpaired) electrons. The van der Waals surface area contributed by atoms with Gasteiger partial charge in [0.05, 0.1) is 20.6 Å². The van der Waals surface area contributed by atoms with Gasteiger partial charge in [0.15, 0.2) is 0 Å². The lowest BCUT2D eigenvalue weighted by Crippen LogP contribution is -1.95. The first-order chi connectivity index (χ1) is 5.95. The van der Waals surface area contributed by atoms with Crippen molar-refractivity contribution in [2.75, 3.05) is 0 Å². The molecule has 0 atom stereocenters. The van der Waals surface area contributed by atoms with E-state index in [1.807, 2.05) is 0 Å². The summed E-state index contributed by atoms with van der Waals surface area (Å²) in [7, 11) is 0. The van der Waals surface area contributed by atoms with E-state index in [2.05, 4.69) is 0 Å². The van der Waals surface area contributed by atoms with Crippen LogP contribution in [0.15, 0.2) is 6.07 Å². The van der Waals surface area contributed by atoms with E-state index in [4.69, 9.17) is 34.8 Å². The maximum Gasteiger partial charge on any atom is 0.333 e. The van der Waals surface area contributed by atoms with Gasteiger partial charge in [0.2, 0.25) is 0 Å². The highest BCUT2D eigenvalue weighted by atomic mass is 35.5. The number of halogens is 5. The van der Waals surface area contributed by atoms with Crippen LogP contribution >= 0.6 is 34.8 Å². The average molecular weight is 245 g/mol. The molecule has 0 saturated carbocycles. The number of carbonyl (C=O) groups excluding carboxylic acids is 1. The summed E-state index contributed by atoms with van der Waals surface area (Å²) in [5, 5.41) is -1.19. The summed E-state index contributed by atoms with van der Waals surface area (Å²) in [6.45, 7) is 0. The highest BCUT2D eigenvalue weighted by molar-refractivity contribution is 6.49. The molecule has 0 aromatic heterocycles. The molecule has 13 heavy (non-hydrogen) atoms. The van der Waals surface area contributed by atoms with Crippen molar-refractivity contribution < 1.29 is 13.6 Å². The molecular formula is C7HCl3F2O. The zero-order valence-electron chi connectivity index (χ0n) is 5.88. The van der Waals surface area contributed by atoms with Crippen molar-refractivity contribution in [1.82, 2.24) is 0 Å². The van der Waals surface area contributed by atoms with E-state index in [1.165, 1.54) is 0 Å². The van der Waals surface area contributed by atoms with Crippen molar-refractivity contribution in [3.63, 3.8) is 0 Å². The molecule has 0 fully saturated rings. The number of benzene rings is 1. The van der Waals surface area contributed by atoms with Gasteiger partial charge < -0.3 is 0 Å². The second kappa shape index (κ2) is 3.78. The molecular weight excluding hydrogens is 244 g/mol. The monoisotopic (exact) mass is 244 g/mol. The summed E-state index contributed by atoms with van der Waals surface area (Å²) in [6, 6.07) is -1.26. The van der Waals surface area contributed by atoms with Gasteiger partial charge in [-0.15, -0.1) is 0 Å². The fourth-order valence-corrected chi connectivity index (χ4v) is 1.33. The van der Waals surface area contributed by atoms with E-state index in [0.717, 1.165) is 0 Å². The van der Waals surface area contributed by atoms with Crippen molar-refractivity contribution in [3.8, 4) is 0 Å². The maximum atomic E-state index is 12.8. The van der Waals surface area contributed by atoms with Gasteiger partial charge in [-0.25, -0.2) is 4.39 Å². The average Bonchev–Trinajstić information content (AvgIpc) is 2.07. The highest BCUT2D eigenvalue weighted by Gasteiger charge is 2.18. The first kappa shape index (κ1) is 10.7. The summed E-state index contributed by atoms with van der Waals surface area (Å²) in [6.07, 6.45) is 0. The Hall–Kier alpha value is -0.380. The lowest BCUT2D eigenvalue weighted by atomic mass is 10.2. The van der Waals surface area contributed by atoms with Crippen LogP contribution in [0.4, 0.5) is 8.78 Å². The molecule has 0 aliphatic rings. The zero-order valence-corrected chi connectivity index (χ0v) is 8.14. The summed E-state index contributed by atoms with van der Waals surface area (Å²) in [5.41, 5.74) is -0.631. The van der Waals surface area contributed by atoms with Crippen molar-refractivity contribution in [1.29, 1.82) is 0 Å². The Morgan fingerprint density at radius 1 is 1.15 bits per heavy atom. The minimum absolute atomic E-state index is 0.371. The van der Waals surface area contributed by atoms with Crippen molar-refractivity contribution in [3.05, 3.63) is 32.5 Å². The molecule has 0 saturated heterocycles. The SMILES string of the molecule is O=C(F)c1cc(F)c(Cl)c(Cl)c1Cl. The first-order valence-corrected chi connectivity index (χ1v) is 4.11. The Balaban J connectivity index is 3.50. The number of hydrogen-bond donors (Lipinski definition) is 0. The summed E-state index contributed by atoms with van der Waals surface area (Å²) >= 11 is 16.2. The molecule has 0 aliphatic carbocycles. The number of carbonyl (C=O) groups is 1. The Kier molecular flexibility index (Phi) is 3.11. The standard InChI is InChI=1S/C7HCl3F2O/c8-4-2(7(12)13)1-3(11)5(9)6(4)10/h1H. The molecule has 1 aromatic carbocycles. The molecule has 0 spiro atoms. The van der Waals surface area contributed by atoms with Gasteiger partial charge >= 0.3 is 6.04 Å². The van der Waals surface area contributed by atoms with Gasteiger partial charge in [-0.3, -0.25) is 4.79 Å². The molecule has 0 N–H and O–H groups in total. The summed E-state index contributed by atoms with van der Waals surface area (Å²) in [5.74, 6) is -0.989. The fraction of sp³-hybridized carbons (Fsp3) is 0. The smallest absolute Gasteiger partial charge is 0.255 e. The second-order valence-electron chi connectivity index (χ2n) is 2.12. The van der Waals surface area contributed by atoms with Gasteiger partial charge in [0.1, 0.15) is 5.82 Å². The normalized spacial score (nSPS) is 10.2. The molecule has 6 heteroatoms. The van der Waals surface area contributed by atoms with Crippen LogP contribution in [0, 0.1) is 5.82 Å². The van der Waals surface area contributed by atoms with E-state index in [9.17, 15) is 13.6 Å². The second-order valence-corrected chi connectivity index (χ2v) is 3.26. The Morgan fingerprint density at radius 3 is 2.15 bits per heavy atom. The van der Waals surface area contributed by atoms with Gasteiger partial charge in [0.25, 0.3) is 0 Å². The molecule has 0 bridgehead atoms. The highest BCUT2D eigenvalue weighted by Crippen LogP contribution is 2.35. The molecule has 70 valence electrons. The lowest BCUT2D eigenvalue weighted by Gasteiger charge is -2.03. The number of hydrogen-bond acceptors (Lipinski definition) is 1. The van der Waals surface area contributed by atoms with Gasteiger partial charge in [-0.05, 0) is 6.07 Å². The fourth-order valence-electron chi connectivity index (χ4n) is 0.716. The maximum absolute atomic E-state index is 12.8. The van der Waals surface area contributed by atoms with E-state index in [0.29, 0.717) is 6.07 Å². The van der Waals surface area contributed by atoms with E-state index >= 15 is 0 Å². The van der Waals surface area contributed by atoms with Crippen molar-refractivity contribution in [2.24, 2.45) is 0 Å². The third-order valence-electron chi connectivity index (χ3n) is 1.31. The third-order valence-corrected chi connectivity index (χ3v) is 2.65. The minimum atomic E-state index is -1.86. The predicted octanol–water partition coefficient (Wildman–Crippen LogP) is 3.90. The van der Waals surface area contributed by atoms with Crippen LogP contribution in [0.25, 0.3) is 0 Å². The molecule has 0 amide bonds. The quantitative estimate of drug-likeness (QED) is 0.417. The molecule has 1 aromatic rings. The molecule has 0 aliphatic heterocycles. The predicted molar refractivity (Wildman–Crippen MR) is 46.9 cm³/mol. The molecule has 0 heterocycles. The van der Waals surface area contributed by atoms with Crippen LogP contribution < -0.4 is 0 Å². The largest absolute Gasteiger partial charge is 0.333 e. The van der Waals surface area contributed by atoms with Gasteiger partial charge in [0, 0.05) is 0 Å². The zero-order chi connectivity index (χ0) is 10.2. The Morgan fingerprint density at radius 2 is 1.69 bits per heavy atom. The summed E-state index contributed by atoms with van der Waals surface area (Å²) in [4.78, 5) is 10.3. The van der Waals surface area contributed by atoms with Crippen LogP contribution in [0.1, 0.15) is 10.4 Å². The Labute approximate surface area is 87.2 Å². The minimum Gasteiger partial charge on any atom is -0.255 e. The topological polar surface area (TPSA) is 17.1 Å². The third kappa shape index (κ3) is 1.93. The van der Waals surface area contributed by atoms with Crippen LogP contribution in [0.3, 0.4) is 0 Å². The van der Waals surface area contributed by atoms with E-state index in [1.54, 1.807) is 0 Å². The van der Waals surface area contributed by atoms with E-state index in [-0.39, 0.29) is 10.0 Å².